The Morgan fingerprint density at radius 3 is 1.60 bits per heavy atom. The van der Waals surface area contributed by atoms with Crippen molar-refractivity contribution in [3.05, 3.63) is 11.1 Å². The van der Waals surface area contributed by atoms with Crippen LogP contribution >= 0.6 is 7.60 Å². The molecular formula is C12H21O7P. The van der Waals surface area contributed by atoms with Crippen molar-refractivity contribution in [2.75, 3.05) is 0 Å². The molecule has 0 unspecified atom stereocenters. The minimum absolute atomic E-state index is 0.168. The third-order valence-electron chi connectivity index (χ3n) is 3.48. The van der Waals surface area contributed by atoms with Crippen LogP contribution in [-0.2, 0) is 14.2 Å². The summed E-state index contributed by atoms with van der Waals surface area (Å²) in [6.45, 7) is 5.82. The van der Waals surface area contributed by atoms with Gasteiger partial charge in [0.05, 0.1) is 11.1 Å². The average Bonchev–Trinajstić information content (AvgIpc) is 2.26. The molecule has 0 aliphatic heterocycles. The van der Waals surface area contributed by atoms with E-state index < -0.39 is 41.8 Å². The van der Waals surface area contributed by atoms with Gasteiger partial charge in [0.25, 0.3) is 0 Å². The molecule has 20 heavy (non-hydrogen) atoms. The highest BCUT2D eigenvalue weighted by atomic mass is 31.2. The zero-order chi connectivity index (χ0) is 16.3. The Kier molecular flexibility index (Phi) is 6.14. The minimum Gasteiger partial charge on any atom is -0.478 e. The lowest BCUT2D eigenvalue weighted by atomic mass is 9.84. The molecule has 0 aromatic carbocycles. The van der Waals surface area contributed by atoms with Crippen molar-refractivity contribution < 1.29 is 34.2 Å². The maximum Gasteiger partial charge on any atom is 0.336 e. The van der Waals surface area contributed by atoms with Gasteiger partial charge in [-0.15, -0.1) is 0 Å². The predicted molar refractivity (Wildman–Crippen MR) is 72.5 cm³/mol. The summed E-state index contributed by atoms with van der Waals surface area (Å²) in [5.41, 5.74) is -1.16. The topological polar surface area (TPSA) is 132 Å². The zero-order valence-electron chi connectivity index (χ0n) is 12.0. The first-order chi connectivity index (χ1) is 8.96. The summed E-state index contributed by atoms with van der Waals surface area (Å²) < 4.78 is 11.8. The summed E-state index contributed by atoms with van der Waals surface area (Å²) in [5, 5.41) is 16.6. The Morgan fingerprint density at radius 1 is 1.05 bits per heavy atom. The summed E-state index contributed by atoms with van der Waals surface area (Å²) in [6.07, 6.45) is -0.335. The van der Waals surface area contributed by atoms with E-state index in [0.717, 1.165) is 0 Å². The number of aliphatic carboxylic acids is 2. The number of carboxylic acid groups (broad SMARTS) is 2. The summed E-state index contributed by atoms with van der Waals surface area (Å²) in [7, 11) is -4.85. The molecule has 0 atom stereocenters. The van der Waals surface area contributed by atoms with Gasteiger partial charge in [0, 0.05) is 0 Å². The Bertz CT molecular complexity index is 468. The zero-order valence-corrected chi connectivity index (χ0v) is 12.8. The van der Waals surface area contributed by atoms with E-state index >= 15 is 0 Å². The SMILES string of the molecule is CCC(CC)(/C(C(=O)O)=C(\C(=O)O)C(C)C)P(=O)(O)O. The standard InChI is InChI=1S/C12H21O7P/c1-5-12(6-2,20(17,18)19)9(11(15)16)8(7(3)4)10(13)14/h7H,5-6H2,1-4H3,(H,13,14)(H,15,16)(H2,17,18,19)/b9-8-. The fraction of sp³-hybridized carbons (Fsp3) is 0.667. The van der Waals surface area contributed by atoms with Crippen molar-refractivity contribution in [1.29, 1.82) is 0 Å². The number of hydrogen-bond donors (Lipinski definition) is 4. The Labute approximate surface area is 117 Å². The lowest BCUT2D eigenvalue weighted by Crippen LogP contribution is -2.37. The Morgan fingerprint density at radius 2 is 1.45 bits per heavy atom. The van der Waals surface area contributed by atoms with Gasteiger partial charge in [0.2, 0.25) is 0 Å². The smallest absolute Gasteiger partial charge is 0.336 e. The first kappa shape index (κ1) is 18.8. The first-order valence-electron chi connectivity index (χ1n) is 6.23. The van der Waals surface area contributed by atoms with Crippen LogP contribution in [0, 0.1) is 5.92 Å². The first-order valence-corrected chi connectivity index (χ1v) is 7.84. The number of carboxylic acids is 2. The highest BCUT2D eigenvalue weighted by molar-refractivity contribution is 7.54. The molecule has 0 heterocycles. The highest BCUT2D eigenvalue weighted by Crippen LogP contribution is 2.59. The van der Waals surface area contributed by atoms with Gasteiger partial charge in [-0.25, -0.2) is 9.59 Å². The Balaban J connectivity index is 6.71. The second-order valence-corrected chi connectivity index (χ2v) is 6.78. The van der Waals surface area contributed by atoms with Crippen LogP contribution in [0.25, 0.3) is 0 Å². The van der Waals surface area contributed by atoms with E-state index in [1.807, 2.05) is 0 Å². The van der Waals surface area contributed by atoms with E-state index in [0.29, 0.717) is 0 Å². The van der Waals surface area contributed by atoms with Crippen LogP contribution in [0.5, 0.6) is 0 Å². The van der Waals surface area contributed by atoms with Crippen molar-refractivity contribution in [2.24, 2.45) is 5.92 Å². The molecule has 0 aromatic rings. The molecule has 7 nitrogen and oxygen atoms in total. The number of carbonyl (C=O) groups is 2. The molecule has 8 heteroatoms. The van der Waals surface area contributed by atoms with Crippen LogP contribution in [0.4, 0.5) is 0 Å². The van der Waals surface area contributed by atoms with Gasteiger partial charge in [-0.1, -0.05) is 27.7 Å². The molecule has 0 spiro atoms. The molecule has 0 aliphatic rings. The van der Waals surface area contributed by atoms with Crippen molar-refractivity contribution in [2.45, 2.75) is 45.7 Å². The van der Waals surface area contributed by atoms with Crippen LogP contribution in [0.15, 0.2) is 11.1 Å². The third-order valence-corrected chi connectivity index (χ3v) is 5.45. The fourth-order valence-corrected chi connectivity index (χ4v) is 3.70. The maximum atomic E-state index is 11.8. The summed E-state index contributed by atoms with van der Waals surface area (Å²) in [4.78, 5) is 42.0. The van der Waals surface area contributed by atoms with E-state index in [4.69, 9.17) is 0 Å². The normalized spacial score (nSPS) is 14.2. The van der Waals surface area contributed by atoms with Gasteiger partial charge in [-0.3, -0.25) is 4.57 Å². The molecule has 116 valence electrons. The average molecular weight is 308 g/mol. The van der Waals surface area contributed by atoms with Crippen molar-refractivity contribution in [1.82, 2.24) is 0 Å². The second kappa shape index (κ2) is 6.52. The van der Waals surface area contributed by atoms with Crippen LogP contribution in [0.1, 0.15) is 40.5 Å². The van der Waals surface area contributed by atoms with Gasteiger partial charge < -0.3 is 20.0 Å². The molecular weight excluding hydrogens is 287 g/mol. The van der Waals surface area contributed by atoms with Gasteiger partial charge in [0.15, 0.2) is 0 Å². The largest absolute Gasteiger partial charge is 0.478 e. The van der Waals surface area contributed by atoms with E-state index in [1.54, 1.807) is 0 Å². The monoisotopic (exact) mass is 308 g/mol. The molecule has 0 bridgehead atoms. The quantitative estimate of drug-likeness (QED) is 0.416. The van der Waals surface area contributed by atoms with Crippen LogP contribution in [0.3, 0.4) is 0 Å². The van der Waals surface area contributed by atoms with Gasteiger partial charge in [-0.05, 0) is 18.8 Å². The molecule has 0 amide bonds. The summed E-state index contributed by atoms with van der Waals surface area (Å²) >= 11 is 0. The van der Waals surface area contributed by atoms with Crippen LogP contribution in [-0.4, -0.2) is 37.1 Å². The third kappa shape index (κ3) is 3.29. The van der Waals surface area contributed by atoms with Crippen LogP contribution in [0.2, 0.25) is 0 Å². The molecule has 4 N–H and O–H groups in total. The van der Waals surface area contributed by atoms with Crippen LogP contribution < -0.4 is 0 Å². The molecule has 0 fully saturated rings. The lowest BCUT2D eigenvalue weighted by molar-refractivity contribution is -0.136. The van der Waals surface area contributed by atoms with Crippen molar-refractivity contribution in [3.8, 4) is 0 Å². The van der Waals surface area contributed by atoms with E-state index in [-0.39, 0.29) is 12.8 Å². The molecule has 0 saturated heterocycles. The number of rotatable bonds is 7. The van der Waals surface area contributed by atoms with Crippen molar-refractivity contribution in [3.63, 3.8) is 0 Å². The molecule has 0 aliphatic carbocycles. The van der Waals surface area contributed by atoms with Gasteiger partial charge >= 0.3 is 19.5 Å². The maximum absolute atomic E-state index is 11.8. The Hall–Kier alpha value is -1.17. The summed E-state index contributed by atoms with van der Waals surface area (Å²) in [5.74, 6) is -3.76. The van der Waals surface area contributed by atoms with Crippen molar-refractivity contribution >= 4 is 19.5 Å². The molecule has 0 radical (unpaired) electrons. The molecule has 0 rings (SSSR count). The summed E-state index contributed by atoms with van der Waals surface area (Å²) in [6, 6.07) is 0. The van der Waals surface area contributed by atoms with E-state index in [9.17, 15) is 34.2 Å². The fourth-order valence-electron chi connectivity index (χ4n) is 2.37. The van der Waals surface area contributed by atoms with E-state index in [1.165, 1.54) is 27.7 Å². The van der Waals surface area contributed by atoms with Gasteiger partial charge in [-0.2, -0.15) is 0 Å². The molecule has 0 saturated carbocycles. The van der Waals surface area contributed by atoms with Gasteiger partial charge in [0.1, 0.15) is 5.16 Å². The minimum atomic E-state index is -4.85. The predicted octanol–water partition coefficient (Wildman–Crippen LogP) is 1.84. The second-order valence-electron chi connectivity index (χ2n) is 4.84. The molecule has 0 aromatic heterocycles. The van der Waals surface area contributed by atoms with E-state index in [2.05, 4.69) is 0 Å². The highest BCUT2D eigenvalue weighted by Gasteiger charge is 2.51. The number of hydrogen-bond acceptors (Lipinski definition) is 3. The lowest BCUT2D eigenvalue weighted by Gasteiger charge is -2.34.